The van der Waals surface area contributed by atoms with Crippen LogP contribution in [-0.4, -0.2) is 12.6 Å². The lowest BCUT2D eigenvalue weighted by Crippen LogP contribution is -2.15. The molecule has 0 aliphatic rings. The van der Waals surface area contributed by atoms with Crippen LogP contribution in [0.2, 0.25) is 0 Å². The molecule has 0 fully saturated rings. The van der Waals surface area contributed by atoms with E-state index in [-0.39, 0.29) is 11.4 Å². The first-order valence-electron chi connectivity index (χ1n) is 5.83. The lowest BCUT2D eigenvalue weighted by Gasteiger charge is -2.18. The molecule has 94 valence electrons. The van der Waals surface area contributed by atoms with Crippen LogP contribution in [0.4, 0.5) is 5.69 Å². The zero-order valence-electron chi connectivity index (χ0n) is 11.0. The van der Waals surface area contributed by atoms with Crippen LogP contribution in [0.25, 0.3) is 0 Å². The molecule has 1 rings (SSSR count). The van der Waals surface area contributed by atoms with E-state index in [9.17, 15) is 4.79 Å². The van der Waals surface area contributed by atoms with E-state index in [1.54, 1.807) is 6.07 Å². The van der Waals surface area contributed by atoms with E-state index in [1.165, 1.54) is 0 Å². The molecule has 0 amide bonds. The number of carbonyl (C=O) groups is 1. The maximum Gasteiger partial charge on any atom is 0.340 e. The standard InChI is InChI=1S/C14H21NO2/c1-10-6-5-7-11(15)12(10)13(16)17-9-8-14(2,3)4/h5-7H,8-9,15H2,1-4H3. The van der Waals surface area contributed by atoms with Gasteiger partial charge in [-0.15, -0.1) is 0 Å². The third-order valence-corrected chi connectivity index (χ3v) is 2.59. The van der Waals surface area contributed by atoms with Gasteiger partial charge in [0.05, 0.1) is 12.2 Å². The molecule has 0 unspecified atom stereocenters. The van der Waals surface area contributed by atoms with E-state index < -0.39 is 0 Å². The highest BCUT2D eigenvalue weighted by molar-refractivity contribution is 5.96. The Morgan fingerprint density at radius 3 is 2.53 bits per heavy atom. The number of hydrogen-bond acceptors (Lipinski definition) is 3. The van der Waals surface area contributed by atoms with E-state index in [0.29, 0.717) is 17.9 Å². The number of ether oxygens (including phenoxy) is 1. The van der Waals surface area contributed by atoms with Crippen molar-refractivity contribution < 1.29 is 9.53 Å². The molecule has 0 aliphatic heterocycles. The molecular weight excluding hydrogens is 214 g/mol. The van der Waals surface area contributed by atoms with Crippen LogP contribution in [0.3, 0.4) is 0 Å². The van der Waals surface area contributed by atoms with Gasteiger partial charge in [-0.05, 0) is 30.4 Å². The van der Waals surface area contributed by atoms with Crippen LogP contribution in [0, 0.1) is 12.3 Å². The van der Waals surface area contributed by atoms with Crippen molar-refractivity contribution in [3.05, 3.63) is 29.3 Å². The van der Waals surface area contributed by atoms with Gasteiger partial charge in [-0.3, -0.25) is 0 Å². The molecule has 0 aliphatic carbocycles. The van der Waals surface area contributed by atoms with Gasteiger partial charge in [0.2, 0.25) is 0 Å². The summed E-state index contributed by atoms with van der Waals surface area (Å²) in [5.41, 5.74) is 7.76. The number of nitrogens with two attached hydrogens (primary N) is 1. The zero-order valence-corrected chi connectivity index (χ0v) is 11.0. The number of carbonyl (C=O) groups excluding carboxylic acids is 1. The molecule has 0 heterocycles. The summed E-state index contributed by atoms with van der Waals surface area (Å²) in [5, 5.41) is 0. The molecule has 17 heavy (non-hydrogen) atoms. The quantitative estimate of drug-likeness (QED) is 0.646. The van der Waals surface area contributed by atoms with Crippen molar-refractivity contribution in [2.24, 2.45) is 5.41 Å². The Kier molecular flexibility index (Phi) is 4.16. The second-order valence-corrected chi connectivity index (χ2v) is 5.49. The SMILES string of the molecule is Cc1cccc(N)c1C(=O)OCCC(C)(C)C. The summed E-state index contributed by atoms with van der Waals surface area (Å²) in [4.78, 5) is 11.9. The molecule has 3 nitrogen and oxygen atoms in total. The zero-order chi connectivity index (χ0) is 13.1. The maximum absolute atomic E-state index is 11.9. The first-order valence-corrected chi connectivity index (χ1v) is 5.83. The number of hydrogen-bond donors (Lipinski definition) is 1. The summed E-state index contributed by atoms with van der Waals surface area (Å²) >= 11 is 0. The number of esters is 1. The number of aryl methyl sites for hydroxylation is 1. The van der Waals surface area contributed by atoms with Crippen molar-refractivity contribution in [2.45, 2.75) is 34.1 Å². The van der Waals surface area contributed by atoms with Gasteiger partial charge in [-0.2, -0.15) is 0 Å². The first-order chi connectivity index (χ1) is 7.81. The van der Waals surface area contributed by atoms with Gasteiger partial charge in [0.1, 0.15) is 0 Å². The Balaban J connectivity index is 2.65. The van der Waals surface area contributed by atoms with Crippen molar-refractivity contribution in [3.63, 3.8) is 0 Å². The summed E-state index contributed by atoms with van der Waals surface area (Å²) < 4.78 is 5.25. The van der Waals surface area contributed by atoms with Gasteiger partial charge < -0.3 is 10.5 Å². The summed E-state index contributed by atoms with van der Waals surface area (Å²) in [6.45, 7) is 8.63. The third kappa shape index (κ3) is 4.10. The molecule has 2 N–H and O–H groups in total. The van der Waals surface area contributed by atoms with E-state index in [2.05, 4.69) is 20.8 Å². The maximum atomic E-state index is 11.9. The van der Waals surface area contributed by atoms with Crippen LogP contribution < -0.4 is 5.73 Å². The molecule has 0 saturated heterocycles. The van der Waals surface area contributed by atoms with Crippen LogP contribution in [0.1, 0.15) is 43.1 Å². The van der Waals surface area contributed by atoms with Crippen molar-refractivity contribution >= 4 is 11.7 Å². The number of anilines is 1. The molecule has 0 bridgehead atoms. The summed E-state index contributed by atoms with van der Waals surface area (Å²) in [6, 6.07) is 5.40. The molecule has 0 saturated carbocycles. The highest BCUT2D eigenvalue weighted by Gasteiger charge is 2.16. The Morgan fingerprint density at radius 1 is 1.35 bits per heavy atom. The van der Waals surface area contributed by atoms with E-state index in [1.807, 2.05) is 19.1 Å². The minimum atomic E-state index is -0.329. The lowest BCUT2D eigenvalue weighted by molar-refractivity contribution is 0.0465. The number of rotatable bonds is 3. The number of nitrogen functional groups attached to an aromatic ring is 1. The topological polar surface area (TPSA) is 52.3 Å². The normalized spacial score (nSPS) is 11.3. The molecule has 0 aromatic heterocycles. The Morgan fingerprint density at radius 2 is 2.00 bits per heavy atom. The van der Waals surface area contributed by atoms with Crippen LogP contribution >= 0.6 is 0 Å². The van der Waals surface area contributed by atoms with Crippen LogP contribution in [0.15, 0.2) is 18.2 Å². The number of benzene rings is 1. The average molecular weight is 235 g/mol. The fourth-order valence-corrected chi connectivity index (χ4v) is 1.49. The van der Waals surface area contributed by atoms with Gasteiger partial charge in [0, 0.05) is 5.69 Å². The minimum absolute atomic E-state index is 0.164. The van der Waals surface area contributed by atoms with Crippen LogP contribution in [0.5, 0.6) is 0 Å². The summed E-state index contributed by atoms with van der Waals surface area (Å²) in [5.74, 6) is -0.329. The molecule has 0 radical (unpaired) electrons. The first kappa shape index (κ1) is 13.6. The second kappa shape index (κ2) is 5.21. The van der Waals surface area contributed by atoms with Gasteiger partial charge >= 0.3 is 5.97 Å². The Hall–Kier alpha value is -1.51. The van der Waals surface area contributed by atoms with Gasteiger partial charge in [0.25, 0.3) is 0 Å². The summed E-state index contributed by atoms with van der Waals surface area (Å²) in [7, 11) is 0. The van der Waals surface area contributed by atoms with Crippen molar-refractivity contribution in [1.29, 1.82) is 0 Å². The Bertz CT molecular complexity index is 385. The lowest BCUT2D eigenvalue weighted by atomic mass is 9.93. The minimum Gasteiger partial charge on any atom is -0.462 e. The smallest absolute Gasteiger partial charge is 0.340 e. The van der Waals surface area contributed by atoms with Gasteiger partial charge in [-0.1, -0.05) is 32.9 Å². The van der Waals surface area contributed by atoms with E-state index in [0.717, 1.165) is 12.0 Å². The average Bonchev–Trinajstić information content (AvgIpc) is 2.15. The van der Waals surface area contributed by atoms with Gasteiger partial charge in [-0.25, -0.2) is 4.79 Å². The fourth-order valence-electron chi connectivity index (χ4n) is 1.49. The summed E-state index contributed by atoms with van der Waals surface area (Å²) in [6.07, 6.45) is 0.838. The van der Waals surface area contributed by atoms with Crippen molar-refractivity contribution in [1.82, 2.24) is 0 Å². The monoisotopic (exact) mass is 235 g/mol. The molecule has 1 aromatic carbocycles. The molecule has 1 aromatic rings. The second-order valence-electron chi connectivity index (χ2n) is 5.49. The predicted molar refractivity (Wildman–Crippen MR) is 69.9 cm³/mol. The van der Waals surface area contributed by atoms with E-state index in [4.69, 9.17) is 10.5 Å². The van der Waals surface area contributed by atoms with E-state index >= 15 is 0 Å². The molecule has 0 atom stereocenters. The van der Waals surface area contributed by atoms with Crippen molar-refractivity contribution in [2.75, 3.05) is 12.3 Å². The van der Waals surface area contributed by atoms with Gasteiger partial charge in [0.15, 0.2) is 0 Å². The predicted octanol–water partition coefficient (Wildman–Crippen LogP) is 3.17. The molecule has 3 heteroatoms. The highest BCUT2D eigenvalue weighted by Crippen LogP contribution is 2.20. The fraction of sp³-hybridized carbons (Fsp3) is 0.500. The van der Waals surface area contributed by atoms with Crippen LogP contribution in [-0.2, 0) is 4.74 Å². The highest BCUT2D eigenvalue weighted by atomic mass is 16.5. The largest absolute Gasteiger partial charge is 0.462 e. The third-order valence-electron chi connectivity index (χ3n) is 2.59. The molecular formula is C14H21NO2. The molecule has 0 spiro atoms. The Labute approximate surface area is 103 Å². The van der Waals surface area contributed by atoms with Crippen molar-refractivity contribution in [3.8, 4) is 0 Å².